The number of thioether (sulfide) groups is 1. The molecule has 0 spiro atoms. The second kappa shape index (κ2) is 7.25. The third kappa shape index (κ3) is 3.54. The molecule has 2 amide bonds. The zero-order valence-corrected chi connectivity index (χ0v) is 15.9. The van der Waals surface area contributed by atoms with Crippen LogP contribution in [0.4, 0.5) is 9.18 Å². The van der Waals surface area contributed by atoms with E-state index in [1.54, 1.807) is 41.1 Å². The first-order chi connectivity index (χ1) is 12.6. The number of urea groups is 1. The molecule has 2 heterocycles. The third-order valence-corrected chi connectivity index (χ3v) is 6.51. The monoisotopic (exact) mass is 387 g/mol. The second-order valence-electron chi connectivity index (χ2n) is 6.25. The molecule has 26 heavy (non-hydrogen) atoms. The van der Waals surface area contributed by atoms with Crippen LogP contribution in [0, 0.1) is 5.82 Å². The van der Waals surface area contributed by atoms with Crippen molar-refractivity contribution >= 4 is 39.3 Å². The first-order valence-electron chi connectivity index (χ1n) is 8.38. The van der Waals surface area contributed by atoms with Gasteiger partial charge in [0.15, 0.2) is 0 Å². The Morgan fingerprint density at radius 1 is 1.35 bits per heavy atom. The van der Waals surface area contributed by atoms with Gasteiger partial charge in [0.05, 0.1) is 22.8 Å². The van der Waals surface area contributed by atoms with Crippen LogP contribution < -0.4 is 5.32 Å². The number of carbonyl (C=O) groups excluding carboxylic acids is 1. The highest BCUT2D eigenvalue weighted by Gasteiger charge is 2.24. The summed E-state index contributed by atoms with van der Waals surface area (Å²) >= 11 is 3.30. The lowest BCUT2D eigenvalue weighted by Crippen LogP contribution is -2.39. The molecule has 0 aliphatic carbocycles. The van der Waals surface area contributed by atoms with Gasteiger partial charge in [0.25, 0.3) is 0 Å². The van der Waals surface area contributed by atoms with Crippen molar-refractivity contribution in [2.45, 2.75) is 23.9 Å². The maximum absolute atomic E-state index is 13.6. The molecular formula is C19H18FN3OS2. The minimum absolute atomic E-state index is 0.160. The van der Waals surface area contributed by atoms with Crippen LogP contribution >= 0.6 is 23.1 Å². The van der Waals surface area contributed by atoms with Crippen LogP contribution in [-0.2, 0) is 6.54 Å². The highest BCUT2D eigenvalue weighted by Crippen LogP contribution is 2.36. The van der Waals surface area contributed by atoms with Crippen molar-refractivity contribution in [2.24, 2.45) is 0 Å². The Labute approximate surface area is 159 Å². The van der Waals surface area contributed by atoms with E-state index in [-0.39, 0.29) is 17.9 Å². The van der Waals surface area contributed by atoms with E-state index in [0.29, 0.717) is 6.54 Å². The lowest BCUT2D eigenvalue weighted by atomic mass is 10.0. The minimum atomic E-state index is -0.270. The number of hydrogen-bond donors (Lipinski definition) is 1. The van der Waals surface area contributed by atoms with Crippen molar-refractivity contribution in [3.63, 3.8) is 0 Å². The van der Waals surface area contributed by atoms with Crippen LogP contribution in [0.2, 0.25) is 0 Å². The van der Waals surface area contributed by atoms with Gasteiger partial charge < -0.3 is 10.2 Å². The smallest absolute Gasteiger partial charge is 0.318 e. The first-order valence-corrected chi connectivity index (χ1v) is 10.2. The van der Waals surface area contributed by atoms with E-state index >= 15 is 0 Å². The van der Waals surface area contributed by atoms with Crippen LogP contribution in [0.25, 0.3) is 10.2 Å². The Balaban J connectivity index is 1.46. The largest absolute Gasteiger partial charge is 0.331 e. The van der Waals surface area contributed by atoms with Crippen LogP contribution in [0.3, 0.4) is 0 Å². The molecule has 1 aromatic heterocycles. The number of nitrogens with zero attached hydrogens (tertiary/aromatic N) is 2. The third-order valence-electron chi connectivity index (χ3n) is 4.37. The van der Waals surface area contributed by atoms with E-state index in [1.807, 2.05) is 24.3 Å². The van der Waals surface area contributed by atoms with Crippen molar-refractivity contribution < 1.29 is 9.18 Å². The summed E-state index contributed by atoms with van der Waals surface area (Å²) in [6, 6.07) is 12.4. The van der Waals surface area contributed by atoms with E-state index < -0.39 is 0 Å². The summed E-state index contributed by atoms with van der Waals surface area (Å²) < 4.78 is 14.7. The molecule has 0 fully saturated rings. The highest BCUT2D eigenvalue weighted by molar-refractivity contribution is 7.99. The van der Waals surface area contributed by atoms with Gasteiger partial charge in [-0.15, -0.1) is 23.1 Å². The van der Waals surface area contributed by atoms with E-state index in [0.717, 1.165) is 37.9 Å². The summed E-state index contributed by atoms with van der Waals surface area (Å²) in [6.45, 7) is 0.447. The zero-order chi connectivity index (χ0) is 18.1. The number of para-hydroxylation sites is 1. The molecule has 0 saturated heterocycles. The van der Waals surface area contributed by atoms with Crippen LogP contribution in [0.1, 0.15) is 23.0 Å². The number of thiazole rings is 1. The number of fused-ring (bicyclic) bond motifs is 2. The fraction of sp³-hybridized carbons (Fsp3) is 0.263. The molecule has 1 aliphatic heterocycles. The number of aromatic nitrogens is 1. The normalized spacial score (nSPS) is 16.3. The van der Waals surface area contributed by atoms with Gasteiger partial charge in [-0.2, -0.15) is 0 Å². The Kier molecular flexibility index (Phi) is 4.82. The van der Waals surface area contributed by atoms with Gasteiger partial charge in [0.1, 0.15) is 10.8 Å². The Morgan fingerprint density at radius 3 is 3.04 bits per heavy atom. The molecule has 3 aromatic rings. The average Bonchev–Trinajstić information content (AvgIpc) is 3.04. The van der Waals surface area contributed by atoms with E-state index in [4.69, 9.17) is 0 Å². The molecule has 1 N–H and O–H groups in total. The van der Waals surface area contributed by atoms with Gasteiger partial charge in [-0.1, -0.05) is 12.1 Å². The zero-order valence-electron chi connectivity index (χ0n) is 14.2. The summed E-state index contributed by atoms with van der Waals surface area (Å²) in [5, 5.41) is 3.94. The number of benzene rings is 2. The molecule has 0 bridgehead atoms. The standard InChI is InChI=1S/C19H18FN3OS2/c1-23(11-18-21-15-4-2-3-5-17(15)26-18)19(24)22-14-8-9-25-16-7-6-12(20)10-13(14)16/h2-7,10,14H,8-9,11H2,1H3,(H,22,24). The maximum atomic E-state index is 13.6. The SMILES string of the molecule is CN(Cc1nc2ccccc2s1)C(=O)NC1CCSc2ccc(F)cc21. The summed E-state index contributed by atoms with van der Waals surface area (Å²) in [5.41, 5.74) is 1.82. The molecule has 1 aliphatic rings. The molecule has 7 heteroatoms. The second-order valence-corrected chi connectivity index (χ2v) is 8.50. The number of amides is 2. The Bertz CT molecular complexity index is 926. The molecule has 1 atom stereocenters. The summed E-state index contributed by atoms with van der Waals surface area (Å²) in [7, 11) is 1.76. The van der Waals surface area contributed by atoms with Crippen LogP contribution in [-0.4, -0.2) is 28.7 Å². The number of halogens is 1. The minimum Gasteiger partial charge on any atom is -0.331 e. The van der Waals surface area contributed by atoms with Gasteiger partial charge in [-0.3, -0.25) is 0 Å². The van der Waals surface area contributed by atoms with Gasteiger partial charge in [-0.25, -0.2) is 14.2 Å². The van der Waals surface area contributed by atoms with Gasteiger partial charge in [0, 0.05) is 17.7 Å². The highest BCUT2D eigenvalue weighted by atomic mass is 32.2. The average molecular weight is 388 g/mol. The molecule has 4 rings (SSSR count). The number of rotatable bonds is 3. The quantitative estimate of drug-likeness (QED) is 0.701. The van der Waals surface area contributed by atoms with Crippen molar-refractivity contribution in [1.29, 1.82) is 0 Å². The molecule has 4 nitrogen and oxygen atoms in total. The van der Waals surface area contributed by atoms with Gasteiger partial charge >= 0.3 is 6.03 Å². The lowest BCUT2D eigenvalue weighted by Gasteiger charge is -2.28. The van der Waals surface area contributed by atoms with Crippen LogP contribution in [0.15, 0.2) is 47.4 Å². The Morgan fingerprint density at radius 2 is 2.19 bits per heavy atom. The van der Waals surface area contributed by atoms with E-state index in [9.17, 15) is 9.18 Å². The number of nitrogens with one attached hydrogen (secondary N) is 1. The summed E-state index contributed by atoms with van der Waals surface area (Å²) in [6.07, 6.45) is 0.793. The molecule has 1 unspecified atom stereocenters. The summed E-state index contributed by atoms with van der Waals surface area (Å²) in [5.74, 6) is 0.638. The number of carbonyl (C=O) groups is 1. The fourth-order valence-electron chi connectivity index (χ4n) is 3.04. The van der Waals surface area contributed by atoms with E-state index in [2.05, 4.69) is 10.3 Å². The molecule has 0 saturated carbocycles. The number of hydrogen-bond acceptors (Lipinski definition) is 4. The van der Waals surface area contributed by atoms with Gasteiger partial charge in [-0.05, 0) is 42.3 Å². The van der Waals surface area contributed by atoms with E-state index in [1.165, 1.54) is 12.1 Å². The molecular weight excluding hydrogens is 369 g/mol. The molecule has 2 aromatic carbocycles. The first kappa shape index (κ1) is 17.3. The van der Waals surface area contributed by atoms with Gasteiger partial charge in [0.2, 0.25) is 0 Å². The lowest BCUT2D eigenvalue weighted by molar-refractivity contribution is 0.202. The van der Waals surface area contributed by atoms with Crippen molar-refractivity contribution in [2.75, 3.05) is 12.8 Å². The van der Waals surface area contributed by atoms with Crippen molar-refractivity contribution in [3.05, 3.63) is 58.9 Å². The molecule has 0 radical (unpaired) electrons. The molecule has 134 valence electrons. The Hall–Kier alpha value is -2.12. The topological polar surface area (TPSA) is 45.2 Å². The van der Waals surface area contributed by atoms with Crippen LogP contribution in [0.5, 0.6) is 0 Å². The summed E-state index contributed by atoms with van der Waals surface area (Å²) in [4.78, 5) is 19.9. The predicted molar refractivity (Wildman–Crippen MR) is 104 cm³/mol. The van der Waals surface area contributed by atoms with Crippen molar-refractivity contribution in [3.8, 4) is 0 Å². The predicted octanol–water partition coefficient (Wildman–Crippen LogP) is 4.81. The van der Waals surface area contributed by atoms with Crippen molar-refractivity contribution in [1.82, 2.24) is 15.2 Å². The maximum Gasteiger partial charge on any atom is 0.318 e. The fourth-order valence-corrected chi connectivity index (χ4v) is 5.16.